The number of nitrogens with one attached hydrogen (secondary N) is 1. The molecule has 1 heterocycles. The van der Waals surface area contributed by atoms with Gasteiger partial charge in [-0.15, -0.1) is 0 Å². The number of hydrogen-bond acceptors (Lipinski definition) is 3. The SMILES string of the molecule is CCc1cccnc1CNC(=O)C1(C(=O)O)CCC1. The van der Waals surface area contributed by atoms with E-state index in [4.69, 9.17) is 0 Å². The van der Waals surface area contributed by atoms with Gasteiger partial charge in [0, 0.05) is 6.20 Å². The molecule has 2 N–H and O–H groups in total. The van der Waals surface area contributed by atoms with Crippen LogP contribution in [0.5, 0.6) is 0 Å². The number of carbonyl (C=O) groups excluding carboxylic acids is 1. The van der Waals surface area contributed by atoms with E-state index in [-0.39, 0.29) is 12.5 Å². The van der Waals surface area contributed by atoms with Crippen molar-refractivity contribution in [3.63, 3.8) is 0 Å². The van der Waals surface area contributed by atoms with Gasteiger partial charge in [0.1, 0.15) is 5.41 Å². The zero-order valence-electron chi connectivity index (χ0n) is 11.0. The first kappa shape index (κ1) is 13.5. The summed E-state index contributed by atoms with van der Waals surface area (Å²) in [7, 11) is 0. The van der Waals surface area contributed by atoms with Crippen molar-refractivity contribution in [2.75, 3.05) is 0 Å². The van der Waals surface area contributed by atoms with Gasteiger partial charge >= 0.3 is 5.97 Å². The highest BCUT2D eigenvalue weighted by Crippen LogP contribution is 2.41. The largest absolute Gasteiger partial charge is 0.480 e. The predicted molar refractivity (Wildman–Crippen MR) is 69.4 cm³/mol. The number of nitrogens with zero attached hydrogens (tertiary/aromatic N) is 1. The molecule has 5 nitrogen and oxygen atoms in total. The number of pyridine rings is 1. The van der Waals surface area contributed by atoms with Crippen molar-refractivity contribution in [2.45, 2.75) is 39.2 Å². The van der Waals surface area contributed by atoms with Gasteiger partial charge in [0.15, 0.2) is 0 Å². The van der Waals surface area contributed by atoms with Gasteiger partial charge in [-0.2, -0.15) is 0 Å². The van der Waals surface area contributed by atoms with E-state index in [1.54, 1.807) is 6.20 Å². The molecule has 0 radical (unpaired) electrons. The second kappa shape index (κ2) is 5.38. The Labute approximate surface area is 112 Å². The second-order valence-electron chi connectivity index (χ2n) is 4.89. The summed E-state index contributed by atoms with van der Waals surface area (Å²) in [4.78, 5) is 27.5. The van der Waals surface area contributed by atoms with Crippen molar-refractivity contribution >= 4 is 11.9 Å². The zero-order valence-corrected chi connectivity index (χ0v) is 11.0. The van der Waals surface area contributed by atoms with Crippen LogP contribution in [-0.2, 0) is 22.6 Å². The topological polar surface area (TPSA) is 79.3 Å². The maximum atomic E-state index is 12.0. The van der Waals surface area contributed by atoms with Gasteiger partial charge in [-0.1, -0.05) is 19.4 Å². The number of aryl methyl sites for hydroxylation is 1. The fourth-order valence-corrected chi connectivity index (χ4v) is 2.35. The molecule has 2 rings (SSSR count). The smallest absolute Gasteiger partial charge is 0.319 e. The normalized spacial score (nSPS) is 16.5. The lowest BCUT2D eigenvalue weighted by molar-refractivity contribution is -0.162. The summed E-state index contributed by atoms with van der Waals surface area (Å²) in [6, 6.07) is 3.82. The van der Waals surface area contributed by atoms with Crippen LogP contribution in [0.3, 0.4) is 0 Å². The third kappa shape index (κ3) is 2.45. The first-order valence-electron chi connectivity index (χ1n) is 6.54. The summed E-state index contributed by atoms with van der Waals surface area (Å²) >= 11 is 0. The highest BCUT2D eigenvalue weighted by atomic mass is 16.4. The van der Waals surface area contributed by atoms with Crippen LogP contribution in [0.2, 0.25) is 0 Å². The number of aromatic nitrogens is 1. The molecule has 1 aromatic heterocycles. The lowest BCUT2D eigenvalue weighted by Gasteiger charge is -2.35. The third-order valence-corrected chi connectivity index (χ3v) is 3.83. The molecule has 1 fully saturated rings. The van der Waals surface area contributed by atoms with E-state index in [9.17, 15) is 14.7 Å². The van der Waals surface area contributed by atoms with Crippen LogP contribution in [0.4, 0.5) is 0 Å². The van der Waals surface area contributed by atoms with E-state index in [1.807, 2.05) is 19.1 Å². The van der Waals surface area contributed by atoms with Crippen LogP contribution in [0, 0.1) is 5.41 Å². The molecule has 1 aromatic rings. The summed E-state index contributed by atoms with van der Waals surface area (Å²) in [6.45, 7) is 2.31. The Morgan fingerprint density at radius 2 is 2.21 bits per heavy atom. The highest BCUT2D eigenvalue weighted by molar-refractivity contribution is 6.02. The monoisotopic (exact) mass is 262 g/mol. The maximum Gasteiger partial charge on any atom is 0.319 e. The number of hydrogen-bond donors (Lipinski definition) is 2. The molecule has 102 valence electrons. The van der Waals surface area contributed by atoms with Crippen LogP contribution >= 0.6 is 0 Å². The van der Waals surface area contributed by atoms with E-state index >= 15 is 0 Å². The average molecular weight is 262 g/mol. The molecule has 1 aliphatic rings. The molecular formula is C14H18N2O3. The van der Waals surface area contributed by atoms with Gasteiger partial charge < -0.3 is 10.4 Å². The van der Waals surface area contributed by atoms with Crippen molar-refractivity contribution in [1.82, 2.24) is 10.3 Å². The first-order valence-corrected chi connectivity index (χ1v) is 6.54. The number of carboxylic acid groups (broad SMARTS) is 1. The minimum atomic E-state index is -1.21. The zero-order chi connectivity index (χ0) is 13.9. The molecule has 19 heavy (non-hydrogen) atoms. The fraction of sp³-hybridized carbons (Fsp3) is 0.500. The van der Waals surface area contributed by atoms with Crippen molar-refractivity contribution in [2.24, 2.45) is 5.41 Å². The Balaban J connectivity index is 2.02. The minimum Gasteiger partial charge on any atom is -0.480 e. The number of carbonyl (C=O) groups is 2. The lowest BCUT2D eigenvalue weighted by Crippen LogP contribution is -2.50. The van der Waals surface area contributed by atoms with Gasteiger partial charge in [0.25, 0.3) is 0 Å². The summed E-state index contributed by atoms with van der Waals surface area (Å²) < 4.78 is 0. The summed E-state index contributed by atoms with van der Waals surface area (Å²) in [5.41, 5.74) is 0.667. The predicted octanol–water partition coefficient (Wildman–Crippen LogP) is 1.52. The molecule has 0 bridgehead atoms. The Kier molecular flexibility index (Phi) is 3.83. The fourth-order valence-electron chi connectivity index (χ4n) is 2.35. The maximum absolute atomic E-state index is 12.0. The minimum absolute atomic E-state index is 0.290. The Bertz CT molecular complexity index is 495. The van der Waals surface area contributed by atoms with Gasteiger partial charge in [-0.05, 0) is 30.9 Å². The molecule has 0 spiro atoms. The Morgan fingerprint density at radius 1 is 1.47 bits per heavy atom. The van der Waals surface area contributed by atoms with Crippen LogP contribution in [0.15, 0.2) is 18.3 Å². The second-order valence-corrected chi connectivity index (χ2v) is 4.89. The van der Waals surface area contributed by atoms with E-state index < -0.39 is 11.4 Å². The van der Waals surface area contributed by atoms with Crippen molar-refractivity contribution in [1.29, 1.82) is 0 Å². The number of aliphatic carboxylic acids is 1. The molecular weight excluding hydrogens is 244 g/mol. The molecule has 1 amide bonds. The third-order valence-electron chi connectivity index (χ3n) is 3.83. The van der Waals surface area contributed by atoms with Crippen LogP contribution in [0.25, 0.3) is 0 Å². The van der Waals surface area contributed by atoms with Gasteiger partial charge in [-0.25, -0.2) is 0 Å². The molecule has 1 aliphatic carbocycles. The summed E-state index contributed by atoms with van der Waals surface area (Å²) in [5.74, 6) is -1.41. The summed E-state index contributed by atoms with van der Waals surface area (Å²) in [5, 5.41) is 11.9. The van der Waals surface area contributed by atoms with E-state index in [0.29, 0.717) is 12.8 Å². The summed E-state index contributed by atoms with van der Waals surface area (Å²) in [6.07, 6.45) is 4.16. The van der Waals surface area contributed by atoms with Gasteiger partial charge in [0.05, 0.1) is 12.2 Å². The highest BCUT2D eigenvalue weighted by Gasteiger charge is 2.51. The Morgan fingerprint density at radius 3 is 2.74 bits per heavy atom. The average Bonchev–Trinajstić information content (AvgIpc) is 2.34. The molecule has 0 atom stereocenters. The number of carboxylic acids is 1. The molecule has 0 aliphatic heterocycles. The quantitative estimate of drug-likeness (QED) is 0.788. The van der Waals surface area contributed by atoms with E-state index in [2.05, 4.69) is 10.3 Å². The lowest BCUT2D eigenvalue weighted by atomic mass is 9.68. The van der Waals surface area contributed by atoms with E-state index in [1.165, 1.54) is 0 Å². The standard InChI is InChI=1S/C14H18N2O3/c1-2-10-5-3-8-15-11(10)9-16-12(17)14(13(18)19)6-4-7-14/h3,5,8H,2,4,6-7,9H2,1H3,(H,16,17)(H,18,19). The number of rotatable bonds is 5. The number of amides is 1. The van der Waals surface area contributed by atoms with Crippen LogP contribution in [0.1, 0.15) is 37.4 Å². The van der Waals surface area contributed by atoms with Crippen LogP contribution < -0.4 is 5.32 Å². The van der Waals surface area contributed by atoms with E-state index in [0.717, 1.165) is 24.1 Å². The molecule has 0 saturated heterocycles. The molecule has 1 saturated carbocycles. The van der Waals surface area contributed by atoms with Crippen molar-refractivity contribution in [3.05, 3.63) is 29.6 Å². The van der Waals surface area contributed by atoms with Gasteiger partial charge in [0.2, 0.25) is 5.91 Å². The van der Waals surface area contributed by atoms with Crippen molar-refractivity contribution < 1.29 is 14.7 Å². The van der Waals surface area contributed by atoms with Crippen molar-refractivity contribution in [3.8, 4) is 0 Å². The van der Waals surface area contributed by atoms with Gasteiger partial charge in [-0.3, -0.25) is 14.6 Å². The molecule has 5 heteroatoms. The Hall–Kier alpha value is -1.91. The van der Waals surface area contributed by atoms with Crippen LogP contribution in [-0.4, -0.2) is 22.0 Å². The first-order chi connectivity index (χ1) is 9.10. The molecule has 0 aromatic carbocycles. The molecule has 0 unspecified atom stereocenters.